The second kappa shape index (κ2) is 9.41. The Bertz CT molecular complexity index is 1020. The van der Waals surface area contributed by atoms with Gasteiger partial charge in [-0.25, -0.2) is 13.8 Å². The van der Waals surface area contributed by atoms with Gasteiger partial charge < -0.3 is 14.5 Å². The van der Waals surface area contributed by atoms with Gasteiger partial charge in [-0.1, -0.05) is 24.9 Å². The van der Waals surface area contributed by atoms with Crippen LogP contribution in [0.25, 0.3) is 11.3 Å². The molecule has 4 rings (SSSR count). The van der Waals surface area contributed by atoms with Crippen molar-refractivity contribution < 1.29 is 22.0 Å². The highest BCUT2D eigenvalue weighted by Gasteiger charge is 2.56. The second-order valence-corrected chi connectivity index (χ2v) is 9.61. The molecule has 0 amide bonds. The molecule has 1 saturated carbocycles. The summed E-state index contributed by atoms with van der Waals surface area (Å²) in [6.07, 6.45) is -4.29. The summed E-state index contributed by atoms with van der Waals surface area (Å²) in [5, 5.41) is 3.10. The lowest BCUT2D eigenvalue weighted by atomic mass is 10.0. The number of benzene rings is 1. The summed E-state index contributed by atoms with van der Waals surface area (Å²) in [5.41, 5.74) is 3.99. The van der Waals surface area contributed by atoms with E-state index in [0.717, 1.165) is 22.5 Å². The minimum atomic E-state index is -4.20. The number of rotatable bonds is 7. The van der Waals surface area contributed by atoms with Gasteiger partial charge in [-0.3, -0.25) is 4.90 Å². The summed E-state index contributed by atoms with van der Waals surface area (Å²) in [5.74, 6) is -2.52. The predicted molar refractivity (Wildman–Crippen MR) is 128 cm³/mol. The van der Waals surface area contributed by atoms with Gasteiger partial charge in [0.25, 0.3) is 5.92 Å². The molecule has 1 atom stereocenters. The Labute approximate surface area is 201 Å². The molecule has 1 aliphatic carbocycles. The second-order valence-electron chi connectivity index (χ2n) is 9.01. The van der Waals surface area contributed by atoms with E-state index in [1.54, 1.807) is 11.4 Å². The number of piperazine rings is 1. The van der Waals surface area contributed by atoms with Crippen molar-refractivity contribution in [1.82, 2.24) is 9.88 Å². The van der Waals surface area contributed by atoms with Crippen molar-refractivity contribution in [1.29, 1.82) is 0 Å². The number of hydrogen-bond acceptors (Lipinski definition) is 6. The predicted octanol–water partition coefficient (Wildman–Crippen LogP) is 5.09. The van der Waals surface area contributed by atoms with Crippen molar-refractivity contribution in [2.24, 2.45) is 5.92 Å². The van der Waals surface area contributed by atoms with E-state index in [2.05, 4.69) is 18.1 Å². The summed E-state index contributed by atoms with van der Waals surface area (Å²) in [4.78, 5) is 8.22. The number of halogens is 5. The van der Waals surface area contributed by atoms with Crippen LogP contribution in [-0.4, -0.2) is 68.3 Å². The Balaban J connectivity index is 1.50. The fraction of sp³-hybridized carbons (Fsp3) is 0.522. The van der Waals surface area contributed by atoms with Gasteiger partial charge >= 0.3 is 6.18 Å². The first kappa shape index (κ1) is 24.8. The highest BCUT2D eigenvalue weighted by atomic mass is 32.1. The molecule has 1 aromatic heterocycles. The molecule has 1 unspecified atom stereocenters. The van der Waals surface area contributed by atoms with Crippen LogP contribution in [0.5, 0.6) is 0 Å². The zero-order valence-corrected chi connectivity index (χ0v) is 19.9. The summed E-state index contributed by atoms with van der Waals surface area (Å²) in [6, 6.07) is 9.46. The maximum Gasteiger partial charge on any atom is 0.401 e. The molecular weight excluding hydrogens is 473 g/mol. The van der Waals surface area contributed by atoms with Gasteiger partial charge in [-0.15, -0.1) is 0 Å². The molecule has 0 spiro atoms. The monoisotopic (exact) mass is 501 g/mol. The van der Waals surface area contributed by atoms with Crippen molar-refractivity contribution in [2.75, 3.05) is 60.8 Å². The quantitative estimate of drug-likeness (QED) is 0.408. The van der Waals surface area contributed by atoms with Gasteiger partial charge in [0.15, 0.2) is 0 Å². The zero-order valence-electron chi connectivity index (χ0n) is 19.0. The van der Waals surface area contributed by atoms with E-state index >= 15 is 0 Å². The molecule has 2 fully saturated rings. The number of hydrogen-bond donors (Lipinski definition) is 2. The fourth-order valence-electron chi connectivity index (χ4n) is 4.20. The lowest BCUT2D eigenvalue weighted by Crippen LogP contribution is -2.49. The third-order valence-corrected chi connectivity index (χ3v) is 6.51. The molecule has 1 aliphatic heterocycles. The molecule has 2 aromatic rings. The SMILES string of the molecule is Cc1ccc(N2CCN(CC(F)(F)F)CC2)nc1-c1ccc(NCC2CC2(F)F)c(N(C)S)c1. The molecule has 2 aliphatic rings. The molecule has 1 saturated heterocycles. The van der Waals surface area contributed by atoms with Crippen LogP contribution in [0, 0.1) is 12.8 Å². The first-order valence-electron chi connectivity index (χ1n) is 11.1. The number of alkyl halides is 5. The minimum Gasteiger partial charge on any atom is -0.383 e. The Morgan fingerprint density at radius 3 is 2.41 bits per heavy atom. The molecule has 5 nitrogen and oxygen atoms in total. The van der Waals surface area contributed by atoms with Gasteiger partial charge in [0.2, 0.25) is 0 Å². The molecule has 11 heteroatoms. The number of aryl methyl sites for hydroxylation is 1. The molecule has 1 N–H and O–H groups in total. The van der Waals surface area contributed by atoms with Crippen LogP contribution in [0.3, 0.4) is 0 Å². The van der Waals surface area contributed by atoms with Crippen LogP contribution >= 0.6 is 12.8 Å². The van der Waals surface area contributed by atoms with Gasteiger partial charge in [0.05, 0.1) is 23.6 Å². The Morgan fingerprint density at radius 2 is 1.82 bits per heavy atom. The van der Waals surface area contributed by atoms with Gasteiger partial charge in [-0.2, -0.15) is 13.2 Å². The number of aromatic nitrogens is 1. The lowest BCUT2D eigenvalue weighted by Gasteiger charge is -2.35. The molecule has 0 radical (unpaired) electrons. The van der Waals surface area contributed by atoms with Gasteiger partial charge in [0.1, 0.15) is 5.82 Å². The Morgan fingerprint density at radius 1 is 1.15 bits per heavy atom. The maximum atomic E-state index is 13.2. The number of pyridine rings is 1. The normalized spacial score (nSPS) is 20.4. The van der Waals surface area contributed by atoms with E-state index in [9.17, 15) is 22.0 Å². The van der Waals surface area contributed by atoms with Crippen molar-refractivity contribution in [3.63, 3.8) is 0 Å². The largest absolute Gasteiger partial charge is 0.401 e. The molecule has 2 heterocycles. The topological polar surface area (TPSA) is 34.6 Å². The van der Waals surface area contributed by atoms with Crippen molar-refractivity contribution >= 4 is 30.0 Å². The van der Waals surface area contributed by atoms with E-state index in [1.807, 2.05) is 42.2 Å². The van der Waals surface area contributed by atoms with Crippen LogP contribution < -0.4 is 14.5 Å². The van der Waals surface area contributed by atoms with Crippen molar-refractivity contribution in [2.45, 2.75) is 25.4 Å². The lowest BCUT2D eigenvalue weighted by molar-refractivity contribution is -0.146. The average Bonchev–Trinajstić information content (AvgIpc) is 3.38. The minimum absolute atomic E-state index is 0.0928. The zero-order chi connectivity index (χ0) is 24.7. The summed E-state index contributed by atoms with van der Waals surface area (Å²) >= 11 is 4.41. The highest BCUT2D eigenvalue weighted by Crippen LogP contribution is 2.48. The third-order valence-electron chi connectivity index (χ3n) is 6.30. The molecule has 186 valence electrons. The van der Waals surface area contributed by atoms with Crippen molar-refractivity contribution in [3.05, 3.63) is 35.9 Å². The van der Waals surface area contributed by atoms with Crippen LogP contribution in [0.15, 0.2) is 30.3 Å². The standard InChI is InChI=1S/C23H28F5N5S/c1-15-3-6-20(33-9-7-32(8-10-33)14-23(26,27)28)30-21(15)16-4-5-18(19(11-16)31(2)34)29-13-17-12-22(17,24)25/h3-6,11,17,29,34H,7-10,12-14H2,1-2H3. The number of nitrogens with one attached hydrogen (secondary N) is 1. The summed E-state index contributed by atoms with van der Waals surface area (Å²) in [6.45, 7) is 2.80. The summed E-state index contributed by atoms with van der Waals surface area (Å²) in [7, 11) is 1.76. The smallest absolute Gasteiger partial charge is 0.383 e. The van der Waals surface area contributed by atoms with E-state index < -0.39 is 24.6 Å². The number of nitrogens with zero attached hydrogens (tertiary/aromatic N) is 4. The van der Waals surface area contributed by atoms with E-state index in [4.69, 9.17) is 4.98 Å². The van der Waals surface area contributed by atoms with Crippen LogP contribution in [-0.2, 0) is 0 Å². The third kappa shape index (κ3) is 5.86. The van der Waals surface area contributed by atoms with Gasteiger partial charge in [-0.05, 0) is 30.7 Å². The summed E-state index contributed by atoms with van der Waals surface area (Å²) < 4.78 is 66.1. The van der Waals surface area contributed by atoms with Crippen LogP contribution in [0.1, 0.15) is 12.0 Å². The van der Waals surface area contributed by atoms with E-state index in [-0.39, 0.29) is 13.0 Å². The molecular formula is C23H28F5N5S. The number of thiol groups is 1. The number of anilines is 3. The van der Waals surface area contributed by atoms with Gasteiger partial charge in [0, 0.05) is 57.7 Å². The van der Waals surface area contributed by atoms with Crippen molar-refractivity contribution in [3.8, 4) is 11.3 Å². The highest BCUT2D eigenvalue weighted by molar-refractivity contribution is 7.81. The molecule has 1 aromatic carbocycles. The Kier molecular flexibility index (Phi) is 6.87. The Hall–Kier alpha value is -2.27. The van der Waals surface area contributed by atoms with Crippen LogP contribution in [0.2, 0.25) is 0 Å². The van der Waals surface area contributed by atoms with E-state index in [0.29, 0.717) is 37.7 Å². The van der Waals surface area contributed by atoms with Crippen LogP contribution in [0.4, 0.5) is 39.1 Å². The first-order chi connectivity index (χ1) is 15.9. The average molecular weight is 502 g/mol. The van der Waals surface area contributed by atoms with E-state index in [1.165, 1.54) is 4.90 Å². The molecule has 34 heavy (non-hydrogen) atoms. The fourth-order valence-corrected chi connectivity index (χ4v) is 4.36. The molecule has 0 bridgehead atoms. The first-order valence-corrected chi connectivity index (χ1v) is 11.5. The maximum absolute atomic E-state index is 13.2.